The molecule has 2 aromatic carbocycles. The number of aryl methyl sites for hydroxylation is 2. The SMILES string of the molecule is Cc1cc(-c2onc(C)c2C(=O)Oc2cccc(Cc3n[nH]c(=O)c4ccccc34)c2)no1. The fourth-order valence-corrected chi connectivity index (χ4v) is 3.63. The van der Waals surface area contributed by atoms with Crippen molar-refractivity contribution in [3.63, 3.8) is 0 Å². The minimum atomic E-state index is -0.617. The maximum absolute atomic E-state index is 12.9. The number of H-pyrrole nitrogens is 1. The summed E-state index contributed by atoms with van der Waals surface area (Å²) >= 11 is 0. The maximum Gasteiger partial charge on any atom is 0.349 e. The molecule has 0 aliphatic carbocycles. The standard InChI is InChI=1S/C24H18N4O5/c1-13-10-20(28-32-13)22-21(14(2)27-33-22)24(30)31-16-7-5-6-15(11-16)12-19-17-8-3-4-9-18(17)23(29)26-25-19/h3-11H,12H2,1-2H3,(H,26,29). The molecule has 5 aromatic rings. The molecule has 33 heavy (non-hydrogen) atoms. The first-order valence-electron chi connectivity index (χ1n) is 10.2. The van der Waals surface area contributed by atoms with Crippen LogP contribution in [-0.4, -0.2) is 26.5 Å². The highest BCUT2D eigenvalue weighted by Gasteiger charge is 2.26. The second kappa shape index (κ2) is 8.19. The number of benzene rings is 2. The summed E-state index contributed by atoms with van der Waals surface area (Å²) in [6, 6.07) is 16.1. The molecule has 9 heteroatoms. The van der Waals surface area contributed by atoms with Crippen LogP contribution in [0.4, 0.5) is 0 Å². The van der Waals surface area contributed by atoms with Crippen LogP contribution in [0.25, 0.3) is 22.2 Å². The highest BCUT2D eigenvalue weighted by molar-refractivity contribution is 5.97. The third-order valence-electron chi connectivity index (χ3n) is 5.18. The van der Waals surface area contributed by atoms with Crippen LogP contribution >= 0.6 is 0 Å². The van der Waals surface area contributed by atoms with Gasteiger partial charge in [0.15, 0.2) is 5.69 Å². The lowest BCUT2D eigenvalue weighted by Gasteiger charge is -2.08. The van der Waals surface area contributed by atoms with Gasteiger partial charge in [0.05, 0.1) is 16.8 Å². The van der Waals surface area contributed by atoms with Gasteiger partial charge in [0.2, 0.25) is 5.76 Å². The van der Waals surface area contributed by atoms with Gasteiger partial charge in [0.25, 0.3) is 5.56 Å². The fourth-order valence-electron chi connectivity index (χ4n) is 3.63. The Morgan fingerprint density at radius 2 is 1.82 bits per heavy atom. The molecule has 9 nitrogen and oxygen atoms in total. The highest BCUT2D eigenvalue weighted by atomic mass is 16.5. The largest absolute Gasteiger partial charge is 0.423 e. The van der Waals surface area contributed by atoms with Crippen LogP contribution in [-0.2, 0) is 6.42 Å². The third-order valence-corrected chi connectivity index (χ3v) is 5.18. The molecule has 0 spiro atoms. The van der Waals surface area contributed by atoms with Gasteiger partial charge in [0.1, 0.15) is 17.1 Å². The first kappa shape index (κ1) is 20.4. The Labute approximate surface area is 187 Å². The lowest BCUT2D eigenvalue weighted by Crippen LogP contribution is -2.12. The normalized spacial score (nSPS) is 11.1. The summed E-state index contributed by atoms with van der Waals surface area (Å²) in [4.78, 5) is 25.0. The van der Waals surface area contributed by atoms with Gasteiger partial charge in [-0.2, -0.15) is 5.10 Å². The Hall–Kier alpha value is -4.53. The Bertz CT molecular complexity index is 1550. The minimum Gasteiger partial charge on any atom is -0.423 e. The van der Waals surface area contributed by atoms with E-state index in [0.717, 1.165) is 10.9 Å². The van der Waals surface area contributed by atoms with Crippen LogP contribution < -0.4 is 10.3 Å². The molecular weight excluding hydrogens is 424 g/mol. The molecule has 0 aliphatic rings. The number of nitrogens with one attached hydrogen (secondary N) is 1. The molecular formula is C24H18N4O5. The van der Waals surface area contributed by atoms with E-state index in [1.807, 2.05) is 24.3 Å². The molecule has 0 amide bonds. The van der Waals surface area contributed by atoms with E-state index in [9.17, 15) is 9.59 Å². The zero-order valence-electron chi connectivity index (χ0n) is 17.8. The Kier molecular flexibility index (Phi) is 5.06. The van der Waals surface area contributed by atoms with Crippen LogP contribution in [0.15, 0.2) is 68.4 Å². The average molecular weight is 442 g/mol. The van der Waals surface area contributed by atoms with E-state index in [-0.39, 0.29) is 16.9 Å². The molecule has 0 radical (unpaired) electrons. The number of hydrogen-bond acceptors (Lipinski definition) is 8. The average Bonchev–Trinajstić information content (AvgIpc) is 3.41. The summed E-state index contributed by atoms with van der Waals surface area (Å²) < 4.78 is 16.0. The second-order valence-corrected chi connectivity index (χ2v) is 7.55. The predicted molar refractivity (Wildman–Crippen MR) is 118 cm³/mol. The van der Waals surface area contributed by atoms with Crippen molar-refractivity contribution in [1.82, 2.24) is 20.5 Å². The van der Waals surface area contributed by atoms with E-state index in [0.29, 0.717) is 40.4 Å². The molecule has 0 bridgehead atoms. The van der Waals surface area contributed by atoms with Crippen molar-refractivity contribution in [3.05, 3.63) is 93.2 Å². The number of esters is 1. The number of aromatic amines is 1. The monoisotopic (exact) mass is 442 g/mol. The van der Waals surface area contributed by atoms with E-state index >= 15 is 0 Å². The van der Waals surface area contributed by atoms with E-state index in [4.69, 9.17) is 13.8 Å². The van der Waals surface area contributed by atoms with E-state index in [2.05, 4.69) is 20.5 Å². The molecule has 164 valence electrons. The van der Waals surface area contributed by atoms with Crippen LogP contribution in [0.1, 0.15) is 33.1 Å². The number of hydrogen-bond donors (Lipinski definition) is 1. The molecule has 0 saturated heterocycles. The molecule has 0 atom stereocenters. The number of fused-ring (bicyclic) bond motifs is 1. The molecule has 0 fully saturated rings. The van der Waals surface area contributed by atoms with Crippen LogP contribution in [0.3, 0.4) is 0 Å². The van der Waals surface area contributed by atoms with Crippen LogP contribution in [0, 0.1) is 13.8 Å². The fraction of sp³-hybridized carbons (Fsp3) is 0.125. The van der Waals surface area contributed by atoms with Crippen LogP contribution in [0.2, 0.25) is 0 Å². The van der Waals surface area contributed by atoms with Gasteiger partial charge < -0.3 is 13.8 Å². The van der Waals surface area contributed by atoms with Gasteiger partial charge in [-0.1, -0.05) is 40.6 Å². The van der Waals surface area contributed by atoms with Gasteiger partial charge >= 0.3 is 5.97 Å². The predicted octanol–water partition coefficient (Wildman–Crippen LogP) is 3.99. The Balaban J connectivity index is 1.41. The van der Waals surface area contributed by atoms with Gasteiger partial charge in [-0.05, 0) is 37.6 Å². The molecule has 3 aromatic heterocycles. The zero-order chi connectivity index (χ0) is 22.9. The smallest absolute Gasteiger partial charge is 0.349 e. The molecule has 0 saturated carbocycles. The van der Waals surface area contributed by atoms with Gasteiger partial charge in [-0.15, -0.1) is 0 Å². The van der Waals surface area contributed by atoms with Gasteiger partial charge in [-0.3, -0.25) is 4.79 Å². The van der Waals surface area contributed by atoms with Crippen molar-refractivity contribution in [2.24, 2.45) is 0 Å². The number of carbonyl (C=O) groups excluding carboxylic acids is 1. The first-order valence-corrected chi connectivity index (χ1v) is 10.2. The van der Waals surface area contributed by atoms with Gasteiger partial charge in [0, 0.05) is 17.9 Å². The molecule has 0 aliphatic heterocycles. The zero-order valence-corrected chi connectivity index (χ0v) is 17.8. The molecule has 1 N–H and O–H groups in total. The van der Waals surface area contributed by atoms with Crippen molar-refractivity contribution in [2.45, 2.75) is 20.3 Å². The number of aromatic nitrogens is 4. The molecule has 3 heterocycles. The lowest BCUT2D eigenvalue weighted by molar-refractivity contribution is 0.0734. The second-order valence-electron chi connectivity index (χ2n) is 7.55. The van der Waals surface area contributed by atoms with Gasteiger partial charge in [-0.25, -0.2) is 9.89 Å². The summed E-state index contributed by atoms with van der Waals surface area (Å²) in [7, 11) is 0. The number of rotatable bonds is 5. The lowest BCUT2D eigenvalue weighted by atomic mass is 10.0. The maximum atomic E-state index is 12.9. The van der Waals surface area contributed by atoms with Crippen LogP contribution in [0.5, 0.6) is 5.75 Å². The Morgan fingerprint density at radius 3 is 2.61 bits per heavy atom. The number of ether oxygens (including phenoxy) is 1. The van der Waals surface area contributed by atoms with Crippen molar-refractivity contribution in [2.75, 3.05) is 0 Å². The quantitative estimate of drug-likeness (QED) is 0.320. The van der Waals surface area contributed by atoms with Crippen molar-refractivity contribution < 1.29 is 18.6 Å². The first-order chi connectivity index (χ1) is 16.0. The van der Waals surface area contributed by atoms with E-state index in [1.165, 1.54) is 0 Å². The molecule has 5 rings (SSSR count). The Morgan fingerprint density at radius 1 is 1.00 bits per heavy atom. The number of carbonyl (C=O) groups is 1. The van der Waals surface area contributed by atoms with E-state index in [1.54, 1.807) is 44.2 Å². The summed E-state index contributed by atoms with van der Waals surface area (Å²) in [5.41, 5.74) is 2.27. The summed E-state index contributed by atoms with van der Waals surface area (Å²) in [6.45, 7) is 3.39. The summed E-state index contributed by atoms with van der Waals surface area (Å²) in [5.74, 6) is 0.507. The minimum absolute atomic E-state index is 0.182. The summed E-state index contributed by atoms with van der Waals surface area (Å²) in [6.07, 6.45) is 0.443. The van der Waals surface area contributed by atoms with Crippen molar-refractivity contribution >= 4 is 16.7 Å². The topological polar surface area (TPSA) is 124 Å². The third kappa shape index (κ3) is 3.91. The van der Waals surface area contributed by atoms with E-state index < -0.39 is 5.97 Å². The summed E-state index contributed by atoms with van der Waals surface area (Å²) in [5, 5.41) is 15.9. The molecule has 0 unspecified atom stereocenters. The highest BCUT2D eigenvalue weighted by Crippen LogP contribution is 2.28. The van der Waals surface area contributed by atoms with Crippen molar-refractivity contribution in [3.8, 4) is 17.2 Å². The van der Waals surface area contributed by atoms with Crippen molar-refractivity contribution in [1.29, 1.82) is 0 Å². The number of nitrogens with zero attached hydrogens (tertiary/aromatic N) is 3.